The lowest BCUT2D eigenvalue weighted by Crippen LogP contribution is -2.37. The summed E-state index contributed by atoms with van der Waals surface area (Å²) in [5, 5.41) is 3.78. The number of aryl methyl sites for hydroxylation is 1. The number of esters is 1. The molecule has 0 fully saturated rings. The quantitative estimate of drug-likeness (QED) is 0.743. The number of carbonyl (C=O) groups is 2. The van der Waals surface area contributed by atoms with Crippen molar-refractivity contribution in [3.8, 4) is 0 Å². The van der Waals surface area contributed by atoms with Gasteiger partial charge in [0.2, 0.25) is 0 Å². The van der Waals surface area contributed by atoms with Crippen molar-refractivity contribution in [2.24, 2.45) is 5.92 Å². The number of hydrogen-bond acceptors (Lipinski definition) is 5. The lowest BCUT2D eigenvalue weighted by molar-refractivity contribution is -0.154. The normalized spacial score (nSPS) is 12.3. The maximum atomic E-state index is 11.8. The molecule has 1 atom stereocenters. The van der Waals surface area contributed by atoms with E-state index >= 15 is 0 Å². The lowest BCUT2D eigenvalue weighted by atomic mass is 10.2. The van der Waals surface area contributed by atoms with Crippen molar-refractivity contribution >= 4 is 33.4 Å². The van der Waals surface area contributed by atoms with Gasteiger partial charge >= 0.3 is 5.97 Å². The van der Waals surface area contributed by atoms with Crippen LogP contribution in [0.5, 0.6) is 0 Å². The number of rotatable bonds is 8. The number of benzene rings is 1. The highest BCUT2D eigenvalue weighted by Gasteiger charge is 2.17. The van der Waals surface area contributed by atoms with Crippen LogP contribution in [0, 0.1) is 5.92 Å². The van der Waals surface area contributed by atoms with Crippen LogP contribution >= 0.6 is 11.3 Å². The summed E-state index contributed by atoms with van der Waals surface area (Å²) >= 11 is 1.65. The van der Waals surface area contributed by atoms with E-state index in [-0.39, 0.29) is 18.3 Å². The monoisotopic (exact) mass is 348 g/mol. The van der Waals surface area contributed by atoms with Crippen molar-refractivity contribution in [1.82, 2.24) is 10.3 Å². The summed E-state index contributed by atoms with van der Waals surface area (Å²) in [5.41, 5.74) is 0.996. The topological polar surface area (TPSA) is 68.3 Å². The molecular formula is C18H24N2O3S. The SMILES string of the molecule is CC(C)CNC(=O)C(C)OC(=O)CCCc1nc2ccccc2s1. The van der Waals surface area contributed by atoms with Crippen molar-refractivity contribution in [1.29, 1.82) is 0 Å². The zero-order chi connectivity index (χ0) is 17.5. The van der Waals surface area contributed by atoms with Crippen molar-refractivity contribution in [3.63, 3.8) is 0 Å². The number of nitrogens with one attached hydrogen (secondary N) is 1. The minimum Gasteiger partial charge on any atom is -0.453 e. The maximum absolute atomic E-state index is 11.8. The van der Waals surface area contributed by atoms with Crippen LogP contribution in [0.15, 0.2) is 24.3 Å². The second-order valence-electron chi connectivity index (χ2n) is 6.20. The molecule has 0 spiro atoms. The Morgan fingerprint density at radius 2 is 2.00 bits per heavy atom. The standard InChI is InChI=1S/C18H24N2O3S/c1-12(2)11-19-18(22)13(3)23-17(21)10-6-9-16-20-14-7-4-5-8-15(14)24-16/h4-5,7-8,12-13H,6,9-11H2,1-3H3,(H,19,22). The number of para-hydroxylation sites is 1. The Morgan fingerprint density at radius 3 is 2.71 bits per heavy atom. The molecule has 130 valence electrons. The molecule has 0 aliphatic heterocycles. The van der Waals surface area contributed by atoms with Gasteiger partial charge in [-0.1, -0.05) is 26.0 Å². The number of nitrogens with zero attached hydrogens (tertiary/aromatic N) is 1. The number of hydrogen-bond donors (Lipinski definition) is 1. The highest BCUT2D eigenvalue weighted by atomic mass is 32.1. The van der Waals surface area contributed by atoms with E-state index in [1.807, 2.05) is 38.1 Å². The molecule has 2 aromatic rings. The number of aromatic nitrogens is 1. The molecule has 6 heteroatoms. The van der Waals surface area contributed by atoms with Crippen LogP contribution in [0.4, 0.5) is 0 Å². The molecule has 5 nitrogen and oxygen atoms in total. The average Bonchev–Trinajstić information content (AvgIpc) is 2.95. The van der Waals surface area contributed by atoms with E-state index in [1.54, 1.807) is 18.3 Å². The van der Waals surface area contributed by atoms with Crippen LogP contribution < -0.4 is 5.32 Å². The Balaban J connectivity index is 1.71. The molecule has 1 amide bonds. The largest absolute Gasteiger partial charge is 0.453 e. The number of fused-ring (bicyclic) bond motifs is 1. The third-order valence-electron chi connectivity index (χ3n) is 3.47. The zero-order valence-electron chi connectivity index (χ0n) is 14.4. The Hall–Kier alpha value is -1.95. The predicted octanol–water partition coefficient (Wildman–Crippen LogP) is 3.32. The third-order valence-corrected chi connectivity index (χ3v) is 4.57. The van der Waals surface area contributed by atoms with Gasteiger partial charge in [0.15, 0.2) is 6.10 Å². The molecule has 1 N–H and O–H groups in total. The fourth-order valence-electron chi connectivity index (χ4n) is 2.17. The van der Waals surface area contributed by atoms with Gasteiger partial charge in [0, 0.05) is 13.0 Å². The Bertz CT molecular complexity index is 663. The molecule has 1 aromatic heterocycles. The molecule has 0 saturated carbocycles. The fraction of sp³-hybridized carbons (Fsp3) is 0.500. The molecule has 2 rings (SSSR count). The number of ether oxygens (including phenoxy) is 1. The van der Waals surface area contributed by atoms with E-state index in [0.717, 1.165) is 21.6 Å². The third kappa shape index (κ3) is 5.60. The zero-order valence-corrected chi connectivity index (χ0v) is 15.2. The van der Waals surface area contributed by atoms with Crippen molar-refractivity contribution < 1.29 is 14.3 Å². The maximum Gasteiger partial charge on any atom is 0.306 e. The second kappa shape index (κ2) is 8.78. The first-order chi connectivity index (χ1) is 11.5. The molecule has 1 heterocycles. The number of thiazole rings is 1. The summed E-state index contributed by atoms with van der Waals surface area (Å²) in [6, 6.07) is 7.99. The highest BCUT2D eigenvalue weighted by Crippen LogP contribution is 2.22. The van der Waals surface area contributed by atoms with E-state index in [1.165, 1.54) is 0 Å². The Labute approximate surface area is 146 Å². The molecule has 0 aliphatic rings. The van der Waals surface area contributed by atoms with Crippen molar-refractivity contribution in [2.75, 3.05) is 6.54 Å². The molecule has 1 unspecified atom stereocenters. The molecule has 1 aromatic carbocycles. The van der Waals surface area contributed by atoms with Gasteiger partial charge in [0.25, 0.3) is 5.91 Å². The van der Waals surface area contributed by atoms with E-state index in [2.05, 4.69) is 10.3 Å². The highest BCUT2D eigenvalue weighted by molar-refractivity contribution is 7.18. The van der Waals surface area contributed by atoms with Gasteiger partial charge in [0.05, 0.1) is 15.2 Å². The smallest absolute Gasteiger partial charge is 0.306 e. The molecule has 0 saturated heterocycles. The Morgan fingerprint density at radius 1 is 1.25 bits per heavy atom. The molecule has 0 bridgehead atoms. The van der Waals surface area contributed by atoms with Crippen LogP contribution in [-0.2, 0) is 20.7 Å². The van der Waals surface area contributed by atoms with Gasteiger partial charge in [-0.3, -0.25) is 9.59 Å². The summed E-state index contributed by atoms with van der Waals surface area (Å²) in [4.78, 5) is 28.2. The van der Waals surface area contributed by atoms with Crippen LogP contribution in [0.1, 0.15) is 38.6 Å². The van der Waals surface area contributed by atoms with Crippen molar-refractivity contribution in [2.45, 2.75) is 46.1 Å². The summed E-state index contributed by atoms with van der Waals surface area (Å²) in [5.74, 6) is -0.225. The van der Waals surface area contributed by atoms with Gasteiger partial charge in [0.1, 0.15) is 0 Å². The van der Waals surface area contributed by atoms with Gasteiger partial charge in [-0.15, -0.1) is 11.3 Å². The molecular weight excluding hydrogens is 324 g/mol. The first-order valence-electron chi connectivity index (χ1n) is 8.27. The summed E-state index contributed by atoms with van der Waals surface area (Å²) in [6.07, 6.45) is 0.942. The van der Waals surface area contributed by atoms with Gasteiger partial charge in [-0.2, -0.15) is 0 Å². The van der Waals surface area contributed by atoms with Crippen LogP contribution in [0.25, 0.3) is 10.2 Å². The van der Waals surface area contributed by atoms with Crippen molar-refractivity contribution in [3.05, 3.63) is 29.3 Å². The van der Waals surface area contributed by atoms with Gasteiger partial charge < -0.3 is 10.1 Å². The van der Waals surface area contributed by atoms with E-state index < -0.39 is 6.10 Å². The second-order valence-corrected chi connectivity index (χ2v) is 7.32. The van der Waals surface area contributed by atoms with E-state index in [0.29, 0.717) is 18.9 Å². The number of amides is 1. The molecule has 0 aliphatic carbocycles. The minimum absolute atomic E-state index is 0.247. The van der Waals surface area contributed by atoms with Crippen LogP contribution in [0.3, 0.4) is 0 Å². The first-order valence-corrected chi connectivity index (χ1v) is 9.09. The average molecular weight is 348 g/mol. The van der Waals surface area contributed by atoms with Crippen LogP contribution in [0.2, 0.25) is 0 Å². The lowest BCUT2D eigenvalue weighted by Gasteiger charge is -2.14. The Kier molecular flexibility index (Phi) is 6.73. The molecule has 24 heavy (non-hydrogen) atoms. The van der Waals surface area contributed by atoms with Gasteiger partial charge in [-0.25, -0.2) is 4.98 Å². The van der Waals surface area contributed by atoms with E-state index in [9.17, 15) is 9.59 Å². The van der Waals surface area contributed by atoms with Crippen LogP contribution in [-0.4, -0.2) is 29.5 Å². The van der Waals surface area contributed by atoms with E-state index in [4.69, 9.17) is 4.74 Å². The summed E-state index contributed by atoms with van der Waals surface area (Å²) < 4.78 is 6.33. The first kappa shape index (κ1) is 18.4. The van der Waals surface area contributed by atoms with Gasteiger partial charge in [-0.05, 0) is 37.8 Å². The fourth-order valence-corrected chi connectivity index (χ4v) is 3.18. The summed E-state index contributed by atoms with van der Waals surface area (Å²) in [7, 11) is 0. The number of carbonyl (C=O) groups excluding carboxylic acids is 2. The minimum atomic E-state index is -0.751. The summed E-state index contributed by atoms with van der Waals surface area (Å²) in [6.45, 7) is 6.21. The predicted molar refractivity (Wildman–Crippen MR) is 96.0 cm³/mol. The molecule has 0 radical (unpaired) electrons.